The minimum absolute atomic E-state index is 0.330. The second-order valence-electron chi connectivity index (χ2n) is 4.06. The molecular formula is C13H14IN3. The molecule has 2 rings (SSSR count). The Morgan fingerprint density at radius 3 is 2.47 bits per heavy atom. The van der Waals surface area contributed by atoms with Crippen LogP contribution in [0.25, 0.3) is 11.3 Å². The van der Waals surface area contributed by atoms with E-state index < -0.39 is 0 Å². The predicted molar refractivity (Wildman–Crippen MR) is 78.9 cm³/mol. The van der Waals surface area contributed by atoms with E-state index in [0.29, 0.717) is 12.0 Å². The van der Waals surface area contributed by atoms with E-state index in [9.17, 15) is 0 Å². The molecule has 0 fully saturated rings. The molecule has 0 atom stereocenters. The molecule has 4 heteroatoms. The van der Waals surface area contributed by atoms with Crippen molar-refractivity contribution in [1.82, 2.24) is 9.97 Å². The van der Waals surface area contributed by atoms with Gasteiger partial charge in [-0.3, -0.25) is 0 Å². The van der Waals surface area contributed by atoms with E-state index in [1.807, 2.05) is 24.3 Å². The van der Waals surface area contributed by atoms with Crippen molar-refractivity contribution < 1.29 is 0 Å². The molecule has 0 unspecified atom stereocenters. The molecule has 0 radical (unpaired) electrons. The number of hydrogen-bond acceptors (Lipinski definition) is 3. The van der Waals surface area contributed by atoms with Gasteiger partial charge in [-0.05, 0) is 42.5 Å². The first-order valence-electron chi connectivity index (χ1n) is 5.51. The quantitative estimate of drug-likeness (QED) is 0.686. The summed E-state index contributed by atoms with van der Waals surface area (Å²) in [5, 5.41) is 3.23. The van der Waals surface area contributed by atoms with Crippen molar-refractivity contribution in [2.24, 2.45) is 0 Å². The molecule has 0 aliphatic carbocycles. The van der Waals surface area contributed by atoms with Crippen molar-refractivity contribution in [1.29, 1.82) is 0 Å². The lowest BCUT2D eigenvalue weighted by atomic mass is 10.1. The van der Waals surface area contributed by atoms with Gasteiger partial charge in [-0.15, -0.1) is 0 Å². The molecule has 0 bridgehead atoms. The fraction of sp³-hybridized carbons (Fsp3) is 0.231. The van der Waals surface area contributed by atoms with Crippen molar-refractivity contribution in [2.75, 3.05) is 5.32 Å². The Morgan fingerprint density at radius 1 is 1.12 bits per heavy atom. The van der Waals surface area contributed by atoms with Crippen LogP contribution in [-0.4, -0.2) is 16.0 Å². The molecule has 2 aromatic rings. The van der Waals surface area contributed by atoms with Gasteiger partial charge in [0.2, 0.25) is 5.95 Å². The average Bonchev–Trinajstić information content (AvgIpc) is 2.28. The minimum atomic E-state index is 0.330. The van der Waals surface area contributed by atoms with Gasteiger partial charge in [0, 0.05) is 11.6 Å². The Kier molecular flexibility index (Phi) is 3.93. The molecule has 0 aliphatic heterocycles. The molecular weight excluding hydrogens is 325 g/mol. The van der Waals surface area contributed by atoms with E-state index in [0.717, 1.165) is 15.0 Å². The Morgan fingerprint density at radius 2 is 1.82 bits per heavy atom. The number of aromatic nitrogens is 2. The maximum absolute atomic E-state index is 4.52. The van der Waals surface area contributed by atoms with Crippen LogP contribution in [0.4, 0.5) is 5.95 Å². The highest BCUT2D eigenvalue weighted by Gasteiger charge is 2.05. The second-order valence-corrected chi connectivity index (χ2v) is 5.17. The van der Waals surface area contributed by atoms with Gasteiger partial charge in [0.1, 0.15) is 3.70 Å². The van der Waals surface area contributed by atoms with E-state index >= 15 is 0 Å². The first-order chi connectivity index (χ1) is 8.15. The van der Waals surface area contributed by atoms with Gasteiger partial charge < -0.3 is 5.32 Å². The molecule has 1 N–H and O–H groups in total. The summed E-state index contributed by atoms with van der Waals surface area (Å²) >= 11 is 2.21. The highest BCUT2D eigenvalue weighted by Crippen LogP contribution is 2.19. The second kappa shape index (κ2) is 5.44. The fourth-order valence-corrected chi connectivity index (χ4v) is 2.02. The summed E-state index contributed by atoms with van der Waals surface area (Å²) < 4.78 is 0.944. The van der Waals surface area contributed by atoms with Crippen molar-refractivity contribution >= 4 is 28.5 Å². The molecule has 1 aromatic heterocycles. The van der Waals surface area contributed by atoms with Gasteiger partial charge in [-0.25, -0.2) is 9.97 Å². The van der Waals surface area contributed by atoms with E-state index in [1.165, 1.54) is 0 Å². The molecule has 88 valence electrons. The molecule has 0 aliphatic rings. The molecule has 1 aromatic carbocycles. The van der Waals surface area contributed by atoms with Gasteiger partial charge in [0.15, 0.2) is 0 Å². The van der Waals surface area contributed by atoms with Crippen LogP contribution >= 0.6 is 22.6 Å². The van der Waals surface area contributed by atoms with Gasteiger partial charge >= 0.3 is 0 Å². The number of nitrogens with zero attached hydrogens (tertiary/aromatic N) is 2. The molecule has 0 saturated carbocycles. The van der Waals surface area contributed by atoms with Crippen molar-refractivity contribution in [2.45, 2.75) is 19.9 Å². The Hall–Kier alpha value is -1.17. The summed E-state index contributed by atoms with van der Waals surface area (Å²) in [4.78, 5) is 8.88. The van der Waals surface area contributed by atoms with E-state index in [4.69, 9.17) is 0 Å². The number of halogens is 1. The zero-order valence-corrected chi connectivity index (χ0v) is 12.0. The van der Waals surface area contributed by atoms with Gasteiger partial charge in [0.05, 0.1) is 5.69 Å². The highest BCUT2D eigenvalue weighted by atomic mass is 127. The van der Waals surface area contributed by atoms with Crippen LogP contribution in [0.3, 0.4) is 0 Å². The van der Waals surface area contributed by atoms with Crippen LogP contribution in [0.15, 0.2) is 36.4 Å². The summed E-state index contributed by atoms with van der Waals surface area (Å²) in [6.45, 7) is 4.15. The van der Waals surface area contributed by atoms with E-state index in [1.54, 1.807) is 0 Å². The average molecular weight is 339 g/mol. The Bertz CT molecular complexity index is 497. The topological polar surface area (TPSA) is 37.8 Å². The fourth-order valence-electron chi connectivity index (χ4n) is 1.50. The van der Waals surface area contributed by atoms with Crippen LogP contribution in [-0.2, 0) is 0 Å². The summed E-state index contributed by atoms with van der Waals surface area (Å²) in [5.74, 6) is 0.686. The van der Waals surface area contributed by atoms with E-state index in [2.05, 4.69) is 63.9 Å². The zero-order chi connectivity index (χ0) is 12.3. The van der Waals surface area contributed by atoms with Crippen molar-refractivity contribution in [3.8, 4) is 11.3 Å². The normalized spacial score (nSPS) is 10.6. The van der Waals surface area contributed by atoms with Crippen LogP contribution in [0, 0.1) is 3.70 Å². The molecule has 0 spiro atoms. The van der Waals surface area contributed by atoms with Gasteiger partial charge in [0.25, 0.3) is 0 Å². The Labute approximate surface area is 115 Å². The lowest BCUT2D eigenvalue weighted by Gasteiger charge is -2.10. The minimum Gasteiger partial charge on any atom is -0.352 e. The lowest BCUT2D eigenvalue weighted by Crippen LogP contribution is -2.13. The van der Waals surface area contributed by atoms with Crippen LogP contribution < -0.4 is 5.32 Å². The number of hydrogen-bond donors (Lipinski definition) is 1. The Balaban J connectivity index is 2.38. The van der Waals surface area contributed by atoms with Crippen LogP contribution in [0.5, 0.6) is 0 Å². The van der Waals surface area contributed by atoms with Crippen molar-refractivity contribution in [3.05, 3.63) is 40.1 Å². The van der Waals surface area contributed by atoms with Gasteiger partial charge in [-0.1, -0.05) is 30.3 Å². The van der Waals surface area contributed by atoms with E-state index in [-0.39, 0.29) is 0 Å². The monoisotopic (exact) mass is 339 g/mol. The third kappa shape index (κ3) is 3.39. The molecule has 0 saturated heterocycles. The van der Waals surface area contributed by atoms with Crippen LogP contribution in [0.2, 0.25) is 0 Å². The first-order valence-corrected chi connectivity index (χ1v) is 6.59. The summed E-state index contributed by atoms with van der Waals surface area (Å²) in [6, 6.07) is 12.5. The largest absolute Gasteiger partial charge is 0.352 e. The lowest BCUT2D eigenvalue weighted by molar-refractivity contribution is 0.873. The third-order valence-corrected chi connectivity index (χ3v) is 2.73. The molecule has 17 heavy (non-hydrogen) atoms. The number of benzene rings is 1. The van der Waals surface area contributed by atoms with Crippen LogP contribution in [0.1, 0.15) is 13.8 Å². The summed E-state index contributed by atoms with van der Waals surface area (Å²) in [5.41, 5.74) is 2.06. The zero-order valence-electron chi connectivity index (χ0n) is 9.81. The van der Waals surface area contributed by atoms with Crippen molar-refractivity contribution in [3.63, 3.8) is 0 Å². The molecule has 1 heterocycles. The SMILES string of the molecule is CC(C)Nc1nc(I)cc(-c2ccccc2)n1. The maximum atomic E-state index is 4.52. The highest BCUT2D eigenvalue weighted by molar-refractivity contribution is 14.1. The smallest absolute Gasteiger partial charge is 0.224 e. The number of anilines is 1. The number of rotatable bonds is 3. The predicted octanol–water partition coefficient (Wildman–Crippen LogP) is 3.57. The molecule has 3 nitrogen and oxygen atoms in total. The standard InChI is InChI=1S/C13H14IN3/c1-9(2)15-13-16-11(8-12(14)17-13)10-6-4-3-5-7-10/h3-9H,1-2H3,(H,15,16,17). The summed E-state index contributed by atoms with van der Waals surface area (Å²) in [7, 11) is 0. The summed E-state index contributed by atoms with van der Waals surface area (Å²) in [6.07, 6.45) is 0. The third-order valence-electron chi connectivity index (χ3n) is 2.18. The molecule has 0 amide bonds. The van der Waals surface area contributed by atoms with Gasteiger partial charge in [-0.2, -0.15) is 0 Å². The maximum Gasteiger partial charge on any atom is 0.224 e. The number of nitrogens with one attached hydrogen (secondary N) is 1. The first kappa shape index (κ1) is 12.3.